The summed E-state index contributed by atoms with van der Waals surface area (Å²) in [4.78, 5) is 26.0. The van der Waals surface area contributed by atoms with Gasteiger partial charge in [-0.05, 0) is 43.2 Å². The molecule has 1 aromatic carbocycles. The number of carboxylic acids is 1. The predicted octanol–water partition coefficient (Wildman–Crippen LogP) is 3.45. The van der Waals surface area contributed by atoms with Gasteiger partial charge in [0.2, 0.25) is 5.91 Å². The first-order valence-electron chi connectivity index (χ1n) is 8.19. The Morgan fingerprint density at radius 3 is 2.39 bits per heavy atom. The highest BCUT2D eigenvalue weighted by Gasteiger charge is 2.44. The molecule has 1 saturated carbocycles. The molecule has 23 heavy (non-hydrogen) atoms. The quantitative estimate of drug-likeness (QED) is 0.870. The van der Waals surface area contributed by atoms with Crippen molar-refractivity contribution >= 4 is 11.9 Å². The first kappa shape index (κ1) is 15.8. The van der Waals surface area contributed by atoms with Gasteiger partial charge in [-0.15, -0.1) is 0 Å². The fraction of sp³-hybridized carbons (Fsp3) is 0.474. The van der Waals surface area contributed by atoms with Crippen molar-refractivity contribution in [1.29, 1.82) is 0 Å². The average Bonchev–Trinajstić information content (AvgIpc) is 2.53. The third-order valence-electron chi connectivity index (χ3n) is 5.21. The van der Waals surface area contributed by atoms with Crippen LogP contribution in [0.4, 0.5) is 0 Å². The van der Waals surface area contributed by atoms with E-state index in [0.29, 0.717) is 18.7 Å². The fourth-order valence-electron chi connectivity index (χ4n) is 4.03. The molecule has 0 unspecified atom stereocenters. The van der Waals surface area contributed by atoms with E-state index in [9.17, 15) is 14.7 Å². The molecule has 0 bridgehead atoms. The molecule has 1 aliphatic carbocycles. The number of carboxylic acid groups (broad SMARTS) is 1. The predicted molar refractivity (Wildman–Crippen MR) is 88.4 cm³/mol. The number of amides is 1. The second-order valence-corrected chi connectivity index (χ2v) is 7.12. The van der Waals surface area contributed by atoms with Crippen LogP contribution in [0.3, 0.4) is 0 Å². The minimum absolute atomic E-state index is 0.218. The third kappa shape index (κ3) is 2.90. The molecular formula is C19H23NO3. The van der Waals surface area contributed by atoms with Gasteiger partial charge < -0.3 is 10.0 Å². The molecule has 122 valence electrons. The number of carbonyl (C=O) groups excluding carboxylic acids is 1. The number of nitrogens with zero attached hydrogens (tertiary/aromatic N) is 1. The van der Waals surface area contributed by atoms with E-state index in [0.717, 1.165) is 36.8 Å². The van der Waals surface area contributed by atoms with Crippen molar-refractivity contribution in [3.63, 3.8) is 0 Å². The lowest BCUT2D eigenvalue weighted by Gasteiger charge is -2.44. The van der Waals surface area contributed by atoms with E-state index in [1.807, 2.05) is 24.0 Å². The molecule has 0 spiro atoms. The number of hydrogen-bond donors (Lipinski definition) is 1. The second kappa shape index (κ2) is 5.84. The Morgan fingerprint density at radius 1 is 1.22 bits per heavy atom. The lowest BCUT2D eigenvalue weighted by molar-refractivity contribution is -0.144. The van der Waals surface area contributed by atoms with E-state index in [2.05, 4.69) is 6.58 Å². The van der Waals surface area contributed by atoms with Crippen molar-refractivity contribution in [1.82, 2.24) is 4.90 Å². The lowest BCUT2D eigenvalue weighted by Crippen LogP contribution is -2.49. The number of benzene rings is 1. The molecule has 1 N–H and O–H groups in total. The average molecular weight is 313 g/mol. The van der Waals surface area contributed by atoms with Gasteiger partial charge in [0.05, 0.1) is 11.0 Å². The molecular weight excluding hydrogens is 290 g/mol. The van der Waals surface area contributed by atoms with E-state index in [-0.39, 0.29) is 17.2 Å². The summed E-state index contributed by atoms with van der Waals surface area (Å²) in [6, 6.07) is 7.22. The summed E-state index contributed by atoms with van der Waals surface area (Å²) < 4.78 is 0. The minimum Gasteiger partial charge on any atom is -0.478 e. The largest absolute Gasteiger partial charge is 0.478 e. The summed E-state index contributed by atoms with van der Waals surface area (Å²) in [6.45, 7) is 7.37. The van der Waals surface area contributed by atoms with Crippen molar-refractivity contribution in [3.05, 3.63) is 47.5 Å². The highest BCUT2D eigenvalue weighted by atomic mass is 16.4. The van der Waals surface area contributed by atoms with Crippen LogP contribution in [-0.2, 0) is 4.79 Å². The van der Waals surface area contributed by atoms with E-state index in [4.69, 9.17) is 0 Å². The maximum absolute atomic E-state index is 12.7. The molecule has 0 aromatic heterocycles. The normalized spacial score (nSPS) is 20.9. The van der Waals surface area contributed by atoms with Crippen LogP contribution in [-0.4, -0.2) is 35.0 Å². The van der Waals surface area contributed by atoms with Crippen LogP contribution in [0.1, 0.15) is 54.4 Å². The Morgan fingerprint density at radius 2 is 1.83 bits per heavy atom. The number of rotatable bonds is 3. The van der Waals surface area contributed by atoms with E-state index in [1.54, 1.807) is 12.1 Å². The molecule has 4 heteroatoms. The Hall–Kier alpha value is -2.10. The Balaban J connectivity index is 1.66. The van der Waals surface area contributed by atoms with Crippen molar-refractivity contribution in [2.24, 2.45) is 5.41 Å². The Kier molecular flexibility index (Phi) is 4.00. The molecule has 1 aliphatic heterocycles. The van der Waals surface area contributed by atoms with Gasteiger partial charge in [-0.2, -0.15) is 0 Å². The number of aromatic carboxylic acids is 1. The van der Waals surface area contributed by atoms with Crippen LogP contribution in [0.5, 0.6) is 0 Å². The molecule has 1 amide bonds. The molecule has 1 aromatic rings. The van der Waals surface area contributed by atoms with Gasteiger partial charge in [-0.25, -0.2) is 4.79 Å². The van der Waals surface area contributed by atoms with Crippen molar-refractivity contribution in [2.75, 3.05) is 13.1 Å². The molecule has 1 heterocycles. The van der Waals surface area contributed by atoms with Crippen LogP contribution in [0.25, 0.3) is 0 Å². The van der Waals surface area contributed by atoms with Crippen molar-refractivity contribution in [3.8, 4) is 0 Å². The van der Waals surface area contributed by atoms with Crippen LogP contribution in [0.15, 0.2) is 36.4 Å². The van der Waals surface area contributed by atoms with Gasteiger partial charge in [-0.3, -0.25) is 4.79 Å². The summed E-state index contributed by atoms with van der Waals surface area (Å²) >= 11 is 0. The highest BCUT2D eigenvalue weighted by molar-refractivity contribution is 5.89. The van der Waals surface area contributed by atoms with Crippen molar-refractivity contribution < 1.29 is 14.7 Å². The molecule has 4 nitrogen and oxygen atoms in total. The maximum atomic E-state index is 12.7. The minimum atomic E-state index is -0.875. The zero-order chi connectivity index (χ0) is 16.6. The molecule has 0 radical (unpaired) electrons. The number of hydrogen-bond acceptors (Lipinski definition) is 2. The molecule has 1 saturated heterocycles. The summed E-state index contributed by atoms with van der Waals surface area (Å²) in [6.07, 6.45) is 3.25. The topological polar surface area (TPSA) is 57.6 Å². The maximum Gasteiger partial charge on any atom is 0.335 e. The number of carbonyl (C=O) groups is 2. The molecule has 3 rings (SSSR count). The van der Waals surface area contributed by atoms with Gasteiger partial charge in [0.15, 0.2) is 0 Å². The fourth-order valence-corrected chi connectivity index (χ4v) is 4.03. The van der Waals surface area contributed by atoms with E-state index < -0.39 is 5.97 Å². The summed E-state index contributed by atoms with van der Waals surface area (Å²) in [5.41, 5.74) is 2.18. The van der Waals surface area contributed by atoms with Crippen LogP contribution in [0.2, 0.25) is 0 Å². The number of likely N-dealkylation sites (tertiary alicyclic amines) is 1. The van der Waals surface area contributed by atoms with Gasteiger partial charge in [0.25, 0.3) is 0 Å². The first-order chi connectivity index (χ1) is 10.9. The lowest BCUT2D eigenvalue weighted by atomic mass is 9.66. The SMILES string of the molecule is C=C1CC(C)(C(=O)N2CCC(c3ccccc3C(=O)O)CC2)C1. The number of allylic oxidation sites excluding steroid dienone is 1. The standard InChI is InChI=1S/C19H23NO3/c1-13-11-19(2,12-13)18(23)20-9-7-14(8-10-20)15-5-3-4-6-16(15)17(21)22/h3-6,14H,1,7-12H2,2H3,(H,21,22). The summed E-state index contributed by atoms with van der Waals surface area (Å²) in [5.74, 6) is -0.426. The second-order valence-electron chi connectivity index (χ2n) is 7.12. The van der Waals surface area contributed by atoms with E-state index in [1.165, 1.54) is 0 Å². The first-order valence-corrected chi connectivity index (χ1v) is 8.19. The van der Waals surface area contributed by atoms with Gasteiger partial charge in [0.1, 0.15) is 0 Å². The van der Waals surface area contributed by atoms with Crippen LogP contribution in [0, 0.1) is 5.41 Å². The van der Waals surface area contributed by atoms with Crippen LogP contribution < -0.4 is 0 Å². The van der Waals surface area contributed by atoms with Gasteiger partial charge in [0, 0.05) is 13.1 Å². The monoisotopic (exact) mass is 313 g/mol. The zero-order valence-corrected chi connectivity index (χ0v) is 13.5. The summed E-state index contributed by atoms with van der Waals surface area (Å²) in [5, 5.41) is 9.33. The van der Waals surface area contributed by atoms with Gasteiger partial charge >= 0.3 is 5.97 Å². The smallest absolute Gasteiger partial charge is 0.335 e. The third-order valence-corrected chi connectivity index (χ3v) is 5.21. The Bertz CT molecular complexity index is 648. The highest BCUT2D eigenvalue weighted by Crippen LogP contribution is 2.46. The van der Waals surface area contributed by atoms with Crippen molar-refractivity contribution in [2.45, 2.75) is 38.5 Å². The summed E-state index contributed by atoms with van der Waals surface area (Å²) in [7, 11) is 0. The molecule has 2 fully saturated rings. The Labute approximate surface area is 136 Å². The number of piperidine rings is 1. The van der Waals surface area contributed by atoms with Gasteiger partial charge in [-0.1, -0.05) is 37.3 Å². The van der Waals surface area contributed by atoms with E-state index >= 15 is 0 Å². The molecule has 2 aliphatic rings. The molecule has 0 atom stereocenters. The van der Waals surface area contributed by atoms with Crippen LogP contribution >= 0.6 is 0 Å². The zero-order valence-electron chi connectivity index (χ0n) is 13.5.